The van der Waals surface area contributed by atoms with Crippen molar-refractivity contribution in [3.05, 3.63) is 22.8 Å². The Balaban J connectivity index is 2.63. The molecule has 0 aromatic heterocycles. The van der Waals surface area contributed by atoms with Crippen molar-refractivity contribution < 1.29 is 0 Å². The third-order valence-electron chi connectivity index (χ3n) is 1.95. The molecule has 12 heavy (non-hydrogen) atoms. The molecule has 0 atom stereocenters. The van der Waals surface area contributed by atoms with Crippen LogP contribution in [0, 0.1) is 0 Å². The minimum Gasteiger partial charge on any atom is -0.261 e. The maximum absolute atomic E-state index is 4.32. The average molecular weight is 181 g/mol. The van der Waals surface area contributed by atoms with E-state index < -0.39 is 0 Å². The van der Waals surface area contributed by atoms with Crippen LogP contribution >= 0.6 is 12.6 Å². The fourth-order valence-electron chi connectivity index (χ4n) is 1.27. The van der Waals surface area contributed by atoms with Crippen molar-refractivity contribution in [3.63, 3.8) is 0 Å². The van der Waals surface area contributed by atoms with Gasteiger partial charge in [-0.05, 0) is 43.6 Å². The zero-order valence-corrected chi connectivity index (χ0v) is 8.56. The van der Waals surface area contributed by atoms with Crippen molar-refractivity contribution in [2.24, 2.45) is 4.99 Å². The van der Waals surface area contributed by atoms with Crippen LogP contribution in [0.25, 0.3) is 0 Å². The SMILES string of the molecule is C/C(S)=C/N=C(\C)C1=CCCC1. The lowest BCUT2D eigenvalue weighted by Crippen LogP contribution is -1.92. The summed E-state index contributed by atoms with van der Waals surface area (Å²) in [6.45, 7) is 3.99. The smallest absolute Gasteiger partial charge is 0.0401 e. The highest BCUT2D eigenvalue weighted by Gasteiger charge is 2.05. The average Bonchev–Trinajstić information content (AvgIpc) is 2.51. The van der Waals surface area contributed by atoms with E-state index >= 15 is 0 Å². The van der Waals surface area contributed by atoms with Crippen molar-refractivity contribution >= 4 is 18.3 Å². The molecule has 0 unspecified atom stereocenters. The van der Waals surface area contributed by atoms with Crippen LogP contribution < -0.4 is 0 Å². The number of allylic oxidation sites excluding steroid dienone is 3. The van der Waals surface area contributed by atoms with Crippen LogP contribution in [0.3, 0.4) is 0 Å². The zero-order chi connectivity index (χ0) is 8.97. The van der Waals surface area contributed by atoms with E-state index in [0.29, 0.717) is 0 Å². The molecule has 1 nitrogen and oxygen atoms in total. The van der Waals surface area contributed by atoms with Gasteiger partial charge in [0, 0.05) is 11.9 Å². The molecule has 0 aliphatic heterocycles. The van der Waals surface area contributed by atoms with Gasteiger partial charge in [0.2, 0.25) is 0 Å². The monoisotopic (exact) mass is 181 g/mol. The first-order chi connectivity index (χ1) is 5.70. The molecule has 2 heteroatoms. The molecule has 1 rings (SSSR count). The Morgan fingerprint density at radius 2 is 2.33 bits per heavy atom. The van der Waals surface area contributed by atoms with Gasteiger partial charge in [0.15, 0.2) is 0 Å². The van der Waals surface area contributed by atoms with Crippen molar-refractivity contribution in [2.75, 3.05) is 0 Å². The maximum atomic E-state index is 4.32. The second-order valence-corrected chi connectivity index (χ2v) is 3.81. The lowest BCUT2D eigenvalue weighted by molar-refractivity contribution is 0.919. The molecule has 0 radical (unpaired) electrons. The number of hydrogen-bond donors (Lipinski definition) is 1. The highest BCUT2D eigenvalue weighted by atomic mass is 32.1. The van der Waals surface area contributed by atoms with Crippen molar-refractivity contribution in [2.45, 2.75) is 33.1 Å². The van der Waals surface area contributed by atoms with Crippen LogP contribution in [0.2, 0.25) is 0 Å². The standard InChI is InChI=1S/C10H15NS/c1-8(12)7-11-9(2)10-5-3-4-6-10/h5,7,12H,3-4,6H2,1-2H3/b8-7-,11-9+. The summed E-state index contributed by atoms with van der Waals surface area (Å²) >= 11 is 4.15. The summed E-state index contributed by atoms with van der Waals surface area (Å²) < 4.78 is 0. The number of hydrogen-bond acceptors (Lipinski definition) is 2. The van der Waals surface area contributed by atoms with Gasteiger partial charge in [-0.15, -0.1) is 12.6 Å². The van der Waals surface area contributed by atoms with Crippen LogP contribution in [0.1, 0.15) is 33.1 Å². The van der Waals surface area contributed by atoms with Crippen LogP contribution in [-0.4, -0.2) is 5.71 Å². The highest BCUT2D eigenvalue weighted by molar-refractivity contribution is 7.84. The fourth-order valence-corrected chi connectivity index (χ4v) is 1.33. The number of aliphatic imine (C=N–C) groups is 1. The van der Waals surface area contributed by atoms with Crippen LogP contribution in [0.4, 0.5) is 0 Å². The second kappa shape index (κ2) is 4.51. The molecule has 0 fully saturated rings. The first kappa shape index (κ1) is 9.59. The van der Waals surface area contributed by atoms with E-state index in [9.17, 15) is 0 Å². The lowest BCUT2D eigenvalue weighted by Gasteiger charge is -1.97. The highest BCUT2D eigenvalue weighted by Crippen LogP contribution is 2.19. The first-order valence-corrected chi connectivity index (χ1v) is 4.74. The quantitative estimate of drug-likeness (QED) is 0.495. The number of thiol groups is 1. The van der Waals surface area contributed by atoms with Gasteiger partial charge in [0.05, 0.1) is 0 Å². The summed E-state index contributed by atoms with van der Waals surface area (Å²) in [7, 11) is 0. The van der Waals surface area contributed by atoms with Crippen molar-refractivity contribution in [1.82, 2.24) is 0 Å². The van der Waals surface area contributed by atoms with E-state index in [1.807, 2.05) is 6.92 Å². The summed E-state index contributed by atoms with van der Waals surface area (Å²) in [4.78, 5) is 5.27. The topological polar surface area (TPSA) is 12.4 Å². The van der Waals surface area contributed by atoms with E-state index in [-0.39, 0.29) is 0 Å². The van der Waals surface area contributed by atoms with E-state index in [0.717, 1.165) is 10.6 Å². The molecule has 0 amide bonds. The van der Waals surface area contributed by atoms with E-state index in [1.165, 1.54) is 24.8 Å². The van der Waals surface area contributed by atoms with Crippen molar-refractivity contribution in [3.8, 4) is 0 Å². The second-order valence-electron chi connectivity index (χ2n) is 3.11. The van der Waals surface area contributed by atoms with E-state index in [2.05, 4.69) is 30.6 Å². The van der Waals surface area contributed by atoms with Gasteiger partial charge in [0.25, 0.3) is 0 Å². The molecule has 66 valence electrons. The first-order valence-electron chi connectivity index (χ1n) is 4.29. The lowest BCUT2D eigenvalue weighted by atomic mass is 10.1. The fraction of sp³-hybridized carbons (Fsp3) is 0.500. The molecule has 0 bridgehead atoms. The third kappa shape index (κ3) is 2.86. The van der Waals surface area contributed by atoms with Gasteiger partial charge in [-0.3, -0.25) is 4.99 Å². The third-order valence-corrected chi connectivity index (χ3v) is 2.07. The molecule has 0 aromatic carbocycles. The normalized spacial score (nSPS) is 19.8. The summed E-state index contributed by atoms with van der Waals surface area (Å²) in [6, 6.07) is 0. The Kier molecular flexibility index (Phi) is 3.60. The zero-order valence-electron chi connectivity index (χ0n) is 7.67. The molecule has 0 saturated carbocycles. The predicted octanol–water partition coefficient (Wildman–Crippen LogP) is 3.35. The maximum Gasteiger partial charge on any atom is 0.0401 e. The Morgan fingerprint density at radius 1 is 1.58 bits per heavy atom. The minimum atomic E-state index is 0.952. The molecule has 0 spiro atoms. The van der Waals surface area contributed by atoms with E-state index in [4.69, 9.17) is 0 Å². The number of rotatable bonds is 2. The molecular formula is C10H15NS. The minimum absolute atomic E-state index is 0.952. The summed E-state index contributed by atoms with van der Waals surface area (Å²) in [5, 5.41) is 0. The van der Waals surface area contributed by atoms with Gasteiger partial charge >= 0.3 is 0 Å². The molecular weight excluding hydrogens is 166 g/mol. The Hall–Kier alpha value is -0.500. The van der Waals surface area contributed by atoms with Crippen LogP contribution in [0.5, 0.6) is 0 Å². The summed E-state index contributed by atoms with van der Waals surface area (Å²) in [5.74, 6) is 0. The summed E-state index contributed by atoms with van der Waals surface area (Å²) in [5.41, 5.74) is 2.54. The molecule has 0 aromatic rings. The summed E-state index contributed by atoms with van der Waals surface area (Å²) in [6.07, 6.45) is 7.77. The van der Waals surface area contributed by atoms with Gasteiger partial charge in [0.1, 0.15) is 0 Å². The molecule has 0 saturated heterocycles. The van der Waals surface area contributed by atoms with E-state index in [1.54, 1.807) is 6.20 Å². The van der Waals surface area contributed by atoms with Gasteiger partial charge < -0.3 is 0 Å². The number of nitrogens with zero attached hydrogens (tertiary/aromatic N) is 1. The Labute approximate surface area is 79.7 Å². The molecule has 1 aliphatic carbocycles. The molecule has 1 aliphatic rings. The van der Waals surface area contributed by atoms with Gasteiger partial charge in [-0.1, -0.05) is 6.08 Å². The van der Waals surface area contributed by atoms with Crippen LogP contribution in [0.15, 0.2) is 27.7 Å². The largest absolute Gasteiger partial charge is 0.261 e. The van der Waals surface area contributed by atoms with Crippen molar-refractivity contribution in [1.29, 1.82) is 0 Å². The predicted molar refractivity (Wildman–Crippen MR) is 57.8 cm³/mol. The molecule has 0 heterocycles. The Bertz CT molecular complexity index is 245. The van der Waals surface area contributed by atoms with Gasteiger partial charge in [-0.25, -0.2) is 0 Å². The Morgan fingerprint density at radius 3 is 2.83 bits per heavy atom. The van der Waals surface area contributed by atoms with Gasteiger partial charge in [-0.2, -0.15) is 0 Å². The molecule has 0 N–H and O–H groups in total. The van der Waals surface area contributed by atoms with Crippen LogP contribution in [-0.2, 0) is 0 Å².